The molecule has 0 amide bonds. The van der Waals surface area contributed by atoms with Gasteiger partial charge in [-0.05, 0) is 32.0 Å². The Morgan fingerprint density at radius 1 is 1.40 bits per heavy atom. The highest BCUT2D eigenvalue weighted by atomic mass is 32.2. The van der Waals surface area contributed by atoms with Crippen molar-refractivity contribution in [2.24, 2.45) is 0 Å². The van der Waals surface area contributed by atoms with E-state index < -0.39 is 0 Å². The van der Waals surface area contributed by atoms with Crippen LogP contribution in [-0.4, -0.2) is 24.5 Å². The summed E-state index contributed by atoms with van der Waals surface area (Å²) in [5, 5.41) is 12.0. The summed E-state index contributed by atoms with van der Waals surface area (Å²) in [5.74, 6) is 0.976. The van der Waals surface area contributed by atoms with Gasteiger partial charge in [0.15, 0.2) is 0 Å². The Hall–Kier alpha value is -0.510. The van der Waals surface area contributed by atoms with Crippen molar-refractivity contribution in [3.63, 3.8) is 0 Å². The minimum absolute atomic E-state index is 0.275. The summed E-state index contributed by atoms with van der Waals surface area (Å²) in [4.78, 5) is 1.31. The lowest BCUT2D eigenvalue weighted by molar-refractivity contribution is 0.296. The number of rotatable bonds is 6. The number of thioether (sulfide) groups is 1. The van der Waals surface area contributed by atoms with Crippen molar-refractivity contribution in [3.8, 4) is 0 Å². The lowest BCUT2D eigenvalue weighted by Crippen LogP contribution is -2.13. The zero-order valence-corrected chi connectivity index (χ0v) is 10.2. The fourth-order valence-corrected chi connectivity index (χ4v) is 2.45. The molecule has 0 radical (unpaired) electrons. The fourth-order valence-electron chi connectivity index (χ4n) is 1.37. The molecule has 0 bridgehead atoms. The molecule has 1 unspecified atom stereocenters. The Kier molecular flexibility index (Phi) is 5.76. The molecule has 0 aliphatic carbocycles. The monoisotopic (exact) mass is 225 g/mol. The first-order chi connectivity index (χ1) is 7.29. The molecule has 84 valence electrons. The first-order valence-electron chi connectivity index (χ1n) is 5.29. The molecule has 0 spiro atoms. The lowest BCUT2D eigenvalue weighted by Gasteiger charge is -2.15. The molecule has 0 fully saturated rings. The van der Waals surface area contributed by atoms with Crippen molar-refractivity contribution < 1.29 is 5.11 Å². The standard InChI is InChI=1S/C12H19NOS/c1-10(13-2)11-6-3-4-7-12(11)15-9-5-8-14/h3-4,6-7,10,13-14H,5,8-9H2,1-2H3. The third-order valence-corrected chi connectivity index (χ3v) is 3.55. The Morgan fingerprint density at radius 2 is 2.13 bits per heavy atom. The van der Waals surface area contributed by atoms with Crippen LogP contribution in [0.2, 0.25) is 0 Å². The molecule has 1 rings (SSSR count). The molecule has 1 aromatic carbocycles. The minimum atomic E-state index is 0.275. The van der Waals surface area contributed by atoms with E-state index in [1.54, 1.807) is 0 Å². The Morgan fingerprint density at radius 3 is 2.80 bits per heavy atom. The van der Waals surface area contributed by atoms with Gasteiger partial charge < -0.3 is 10.4 Å². The van der Waals surface area contributed by atoms with Crippen LogP contribution in [0.1, 0.15) is 24.9 Å². The SMILES string of the molecule is CNC(C)c1ccccc1SCCCO. The predicted molar refractivity (Wildman–Crippen MR) is 66.3 cm³/mol. The van der Waals surface area contributed by atoms with Gasteiger partial charge in [-0.15, -0.1) is 11.8 Å². The number of hydrogen-bond donors (Lipinski definition) is 2. The maximum atomic E-state index is 8.74. The second kappa shape index (κ2) is 6.88. The molecule has 1 atom stereocenters. The number of hydrogen-bond acceptors (Lipinski definition) is 3. The van der Waals surface area contributed by atoms with Crippen LogP contribution >= 0.6 is 11.8 Å². The first-order valence-corrected chi connectivity index (χ1v) is 6.28. The van der Waals surface area contributed by atoms with Crippen LogP contribution in [-0.2, 0) is 0 Å². The quantitative estimate of drug-likeness (QED) is 0.576. The highest BCUT2D eigenvalue weighted by Gasteiger charge is 2.07. The largest absolute Gasteiger partial charge is 0.396 e. The maximum absolute atomic E-state index is 8.74. The average Bonchev–Trinajstić information content (AvgIpc) is 2.29. The summed E-state index contributed by atoms with van der Waals surface area (Å²) in [7, 11) is 1.97. The molecule has 0 saturated carbocycles. The zero-order valence-electron chi connectivity index (χ0n) is 9.36. The Labute approximate surface area is 96.1 Å². The number of nitrogens with one attached hydrogen (secondary N) is 1. The third-order valence-electron chi connectivity index (χ3n) is 2.38. The van der Waals surface area contributed by atoms with Crippen molar-refractivity contribution in [3.05, 3.63) is 29.8 Å². The summed E-state index contributed by atoms with van der Waals surface area (Å²) < 4.78 is 0. The van der Waals surface area contributed by atoms with Gasteiger partial charge in [-0.2, -0.15) is 0 Å². The van der Waals surface area contributed by atoms with E-state index in [2.05, 4.69) is 36.5 Å². The smallest absolute Gasteiger partial charge is 0.0439 e. The van der Waals surface area contributed by atoms with Gasteiger partial charge in [0.25, 0.3) is 0 Å². The van der Waals surface area contributed by atoms with Crippen molar-refractivity contribution in [1.82, 2.24) is 5.32 Å². The van der Waals surface area contributed by atoms with Crippen LogP contribution in [0.25, 0.3) is 0 Å². The Bertz CT molecular complexity index is 291. The maximum Gasteiger partial charge on any atom is 0.0439 e. The summed E-state index contributed by atoms with van der Waals surface area (Å²) in [6, 6.07) is 8.81. The van der Waals surface area contributed by atoms with Gasteiger partial charge in [-0.3, -0.25) is 0 Å². The molecular weight excluding hydrogens is 206 g/mol. The molecule has 0 heterocycles. The molecule has 2 N–H and O–H groups in total. The first kappa shape index (κ1) is 12.6. The second-order valence-electron chi connectivity index (χ2n) is 3.47. The van der Waals surface area contributed by atoms with Crippen molar-refractivity contribution in [2.75, 3.05) is 19.4 Å². The molecule has 1 aromatic rings. The van der Waals surface area contributed by atoms with E-state index in [1.807, 2.05) is 18.8 Å². The lowest BCUT2D eigenvalue weighted by atomic mass is 10.1. The van der Waals surface area contributed by atoms with Crippen molar-refractivity contribution in [2.45, 2.75) is 24.3 Å². The van der Waals surface area contributed by atoms with Crippen LogP contribution in [0.5, 0.6) is 0 Å². The van der Waals surface area contributed by atoms with E-state index in [0.29, 0.717) is 6.04 Å². The van der Waals surface area contributed by atoms with Gasteiger partial charge >= 0.3 is 0 Å². The topological polar surface area (TPSA) is 32.3 Å². The molecule has 0 aromatic heterocycles. The summed E-state index contributed by atoms with van der Waals surface area (Å²) in [5.41, 5.74) is 1.34. The third kappa shape index (κ3) is 3.86. The van der Waals surface area contributed by atoms with Gasteiger partial charge in [-0.25, -0.2) is 0 Å². The van der Waals surface area contributed by atoms with Gasteiger partial charge in [0, 0.05) is 23.3 Å². The Balaban J connectivity index is 2.68. The molecule has 2 nitrogen and oxygen atoms in total. The number of aliphatic hydroxyl groups is 1. The molecule has 0 aliphatic rings. The van der Waals surface area contributed by atoms with E-state index in [1.165, 1.54) is 10.5 Å². The van der Waals surface area contributed by atoms with Crippen LogP contribution in [0, 0.1) is 0 Å². The minimum Gasteiger partial charge on any atom is -0.396 e. The average molecular weight is 225 g/mol. The molecule has 0 aliphatic heterocycles. The molecule has 0 saturated heterocycles. The van der Waals surface area contributed by atoms with Gasteiger partial charge in [0.2, 0.25) is 0 Å². The number of aliphatic hydroxyl groups excluding tert-OH is 1. The van der Waals surface area contributed by atoms with Crippen molar-refractivity contribution in [1.29, 1.82) is 0 Å². The second-order valence-corrected chi connectivity index (χ2v) is 4.61. The van der Waals surface area contributed by atoms with Gasteiger partial charge in [0.05, 0.1) is 0 Å². The molecule has 15 heavy (non-hydrogen) atoms. The summed E-state index contributed by atoms with van der Waals surface area (Å²) >= 11 is 1.82. The highest BCUT2D eigenvalue weighted by Crippen LogP contribution is 2.27. The van der Waals surface area contributed by atoms with Gasteiger partial charge in [0.1, 0.15) is 0 Å². The van der Waals surface area contributed by atoms with E-state index in [4.69, 9.17) is 5.11 Å². The zero-order chi connectivity index (χ0) is 11.1. The van der Waals surface area contributed by atoms with Crippen LogP contribution in [0.4, 0.5) is 0 Å². The summed E-state index contributed by atoms with van der Waals surface area (Å²) in [6.07, 6.45) is 0.854. The molecule has 3 heteroatoms. The van der Waals surface area contributed by atoms with E-state index in [0.717, 1.165) is 12.2 Å². The van der Waals surface area contributed by atoms with Crippen LogP contribution < -0.4 is 5.32 Å². The van der Waals surface area contributed by atoms with E-state index in [9.17, 15) is 0 Å². The van der Waals surface area contributed by atoms with Crippen molar-refractivity contribution >= 4 is 11.8 Å². The number of benzene rings is 1. The van der Waals surface area contributed by atoms with Crippen LogP contribution in [0.3, 0.4) is 0 Å². The van der Waals surface area contributed by atoms with E-state index in [-0.39, 0.29) is 6.61 Å². The van der Waals surface area contributed by atoms with Crippen LogP contribution in [0.15, 0.2) is 29.2 Å². The predicted octanol–water partition coefficient (Wildman–Crippen LogP) is 2.44. The normalized spacial score (nSPS) is 12.7. The highest BCUT2D eigenvalue weighted by molar-refractivity contribution is 7.99. The summed E-state index contributed by atoms with van der Waals surface area (Å²) in [6.45, 7) is 2.43. The molecular formula is C12H19NOS. The fraction of sp³-hybridized carbons (Fsp3) is 0.500. The van der Waals surface area contributed by atoms with Gasteiger partial charge in [-0.1, -0.05) is 18.2 Å². The van der Waals surface area contributed by atoms with E-state index >= 15 is 0 Å².